The van der Waals surface area contributed by atoms with Crippen LogP contribution in [0.5, 0.6) is 0 Å². The summed E-state index contributed by atoms with van der Waals surface area (Å²) in [6.07, 6.45) is -1.68. The van der Waals surface area contributed by atoms with Gasteiger partial charge in [-0.15, -0.1) is 0 Å². The van der Waals surface area contributed by atoms with E-state index < -0.39 is 48.2 Å². The van der Waals surface area contributed by atoms with Gasteiger partial charge in [-0.05, 0) is 34.6 Å². The quantitative estimate of drug-likeness (QED) is 0.735. The Labute approximate surface area is 135 Å². The van der Waals surface area contributed by atoms with Crippen LogP contribution in [0.3, 0.4) is 0 Å². The van der Waals surface area contributed by atoms with Gasteiger partial charge in [0.15, 0.2) is 0 Å². The minimum atomic E-state index is -1.31. The third-order valence-electron chi connectivity index (χ3n) is 3.89. The van der Waals surface area contributed by atoms with E-state index in [1.165, 1.54) is 0 Å². The summed E-state index contributed by atoms with van der Waals surface area (Å²) in [7, 11) is 0. The van der Waals surface area contributed by atoms with Crippen LogP contribution in [-0.4, -0.2) is 68.4 Å². The van der Waals surface area contributed by atoms with Crippen LogP contribution < -0.4 is 0 Å². The molecule has 130 valence electrons. The van der Waals surface area contributed by atoms with Crippen LogP contribution in [0.4, 0.5) is 9.59 Å². The maximum Gasteiger partial charge on any atom is 0.430 e. The Kier molecular flexibility index (Phi) is 4.59. The zero-order valence-corrected chi connectivity index (χ0v) is 14.0. The molecule has 2 bridgehead atoms. The van der Waals surface area contributed by atoms with E-state index >= 15 is 0 Å². The number of aliphatic hydroxyl groups excluding tert-OH is 2. The van der Waals surface area contributed by atoms with E-state index in [0.29, 0.717) is 0 Å². The monoisotopic (exact) mass is 328 g/mol. The van der Waals surface area contributed by atoms with Gasteiger partial charge in [0.2, 0.25) is 0 Å². The third-order valence-corrected chi connectivity index (χ3v) is 3.89. The maximum atomic E-state index is 12.5. The van der Waals surface area contributed by atoms with Crippen molar-refractivity contribution in [1.29, 1.82) is 0 Å². The number of aliphatic hydroxyl groups is 2. The highest BCUT2D eigenvalue weighted by atomic mass is 16.6. The Balaban J connectivity index is 2.42. The first kappa shape index (κ1) is 17.6. The first-order valence-corrected chi connectivity index (χ1v) is 7.65. The zero-order valence-electron chi connectivity index (χ0n) is 14.0. The molecule has 0 radical (unpaired) electrons. The minimum absolute atomic E-state index is 0.398. The number of carbonyl (C=O) groups is 2. The molecule has 3 rings (SSSR count). The van der Waals surface area contributed by atoms with Crippen LogP contribution in [0, 0.1) is 0 Å². The molecule has 0 aromatic rings. The highest BCUT2D eigenvalue weighted by Gasteiger charge is 2.60. The third kappa shape index (κ3) is 2.88. The number of rotatable bonds is 2. The molecule has 2 N–H and O–H groups in total. The van der Waals surface area contributed by atoms with E-state index in [2.05, 4.69) is 0 Å². The summed E-state index contributed by atoms with van der Waals surface area (Å²) in [5, 5.41) is 22.6. The molecule has 1 saturated heterocycles. The standard InChI is InChI=1S/C15H24N2O6/c1-8(2)22-13(20)16-10-6-7-15(5,12(19)11(10)18)17(16)14(21)23-9(3)4/h6-12,18-19H,1-5H3. The molecule has 4 unspecified atom stereocenters. The number of ether oxygens (including phenoxy) is 2. The molecule has 0 saturated carbocycles. The summed E-state index contributed by atoms with van der Waals surface area (Å²) in [5.41, 5.74) is -1.31. The molecular formula is C15H24N2O6. The van der Waals surface area contributed by atoms with E-state index in [1.54, 1.807) is 46.8 Å². The van der Waals surface area contributed by atoms with Gasteiger partial charge < -0.3 is 19.7 Å². The largest absolute Gasteiger partial charge is 0.445 e. The van der Waals surface area contributed by atoms with Gasteiger partial charge in [0.05, 0.1) is 12.2 Å². The lowest BCUT2D eigenvalue weighted by Gasteiger charge is -2.57. The Morgan fingerprint density at radius 1 is 1.09 bits per heavy atom. The number of fused-ring (bicyclic) bond motifs is 2. The Hall–Kier alpha value is -1.80. The predicted octanol–water partition coefficient (Wildman–Crippen LogP) is 1.03. The number of hydrazine groups is 1. The van der Waals surface area contributed by atoms with Crippen LogP contribution >= 0.6 is 0 Å². The van der Waals surface area contributed by atoms with Crippen molar-refractivity contribution in [2.45, 2.75) is 70.6 Å². The first-order valence-electron chi connectivity index (χ1n) is 7.65. The second-order valence-electron chi connectivity index (χ2n) is 6.53. The van der Waals surface area contributed by atoms with E-state index in [4.69, 9.17) is 9.47 Å². The van der Waals surface area contributed by atoms with E-state index in [0.717, 1.165) is 10.0 Å². The normalized spacial score (nSPS) is 32.7. The number of hydrogen-bond acceptors (Lipinski definition) is 6. The van der Waals surface area contributed by atoms with E-state index in [9.17, 15) is 19.8 Å². The fourth-order valence-corrected chi connectivity index (χ4v) is 2.82. The van der Waals surface area contributed by atoms with Crippen molar-refractivity contribution in [1.82, 2.24) is 10.0 Å². The number of nitrogens with zero attached hydrogens (tertiary/aromatic N) is 2. The molecule has 4 atom stereocenters. The molecule has 0 spiro atoms. The summed E-state index contributed by atoms with van der Waals surface area (Å²) in [6, 6.07) is -0.905. The molecule has 0 aromatic heterocycles. The minimum Gasteiger partial charge on any atom is -0.445 e. The van der Waals surface area contributed by atoms with Gasteiger partial charge in [0, 0.05) is 0 Å². The van der Waals surface area contributed by atoms with Crippen molar-refractivity contribution < 1.29 is 29.3 Å². The smallest absolute Gasteiger partial charge is 0.430 e. The zero-order chi connectivity index (χ0) is 17.5. The molecule has 2 aliphatic heterocycles. The summed E-state index contributed by atoms with van der Waals surface area (Å²) >= 11 is 0. The van der Waals surface area contributed by atoms with Crippen molar-refractivity contribution in [2.24, 2.45) is 0 Å². The summed E-state index contributed by atoms with van der Waals surface area (Å²) in [6.45, 7) is 8.27. The highest BCUT2D eigenvalue weighted by Crippen LogP contribution is 2.40. The van der Waals surface area contributed by atoms with Crippen LogP contribution in [0.15, 0.2) is 12.2 Å². The Bertz CT molecular complexity index is 520. The van der Waals surface area contributed by atoms with E-state index in [1.807, 2.05) is 0 Å². The average molecular weight is 328 g/mol. The molecule has 2 amide bonds. The van der Waals surface area contributed by atoms with Crippen LogP contribution in [0.1, 0.15) is 34.6 Å². The van der Waals surface area contributed by atoms with Gasteiger partial charge in [0.1, 0.15) is 23.8 Å². The van der Waals surface area contributed by atoms with Crippen molar-refractivity contribution in [2.75, 3.05) is 0 Å². The number of carbonyl (C=O) groups excluding carboxylic acids is 2. The van der Waals surface area contributed by atoms with Gasteiger partial charge in [-0.1, -0.05) is 12.2 Å². The van der Waals surface area contributed by atoms with Crippen LogP contribution in [-0.2, 0) is 9.47 Å². The van der Waals surface area contributed by atoms with Gasteiger partial charge in [-0.2, -0.15) is 0 Å². The Morgan fingerprint density at radius 2 is 1.61 bits per heavy atom. The molecule has 1 fully saturated rings. The van der Waals surface area contributed by atoms with Crippen molar-refractivity contribution in [3.05, 3.63) is 12.2 Å². The van der Waals surface area contributed by atoms with Crippen molar-refractivity contribution >= 4 is 12.2 Å². The van der Waals surface area contributed by atoms with Crippen LogP contribution in [0.25, 0.3) is 0 Å². The first-order chi connectivity index (χ1) is 10.6. The molecule has 8 heteroatoms. The van der Waals surface area contributed by atoms with Crippen molar-refractivity contribution in [3.8, 4) is 0 Å². The lowest BCUT2D eigenvalue weighted by Crippen LogP contribution is -2.78. The molecule has 2 heterocycles. The molecule has 23 heavy (non-hydrogen) atoms. The topological polar surface area (TPSA) is 99.5 Å². The highest BCUT2D eigenvalue weighted by molar-refractivity contribution is 5.77. The second kappa shape index (κ2) is 6.01. The van der Waals surface area contributed by atoms with E-state index in [-0.39, 0.29) is 0 Å². The number of amides is 2. The number of hydrogen-bond donors (Lipinski definition) is 2. The fourth-order valence-electron chi connectivity index (χ4n) is 2.82. The van der Waals surface area contributed by atoms with Crippen LogP contribution in [0.2, 0.25) is 0 Å². The average Bonchev–Trinajstić information content (AvgIpc) is 2.41. The maximum absolute atomic E-state index is 12.5. The summed E-state index contributed by atoms with van der Waals surface area (Å²) < 4.78 is 10.4. The fraction of sp³-hybridized carbons (Fsp3) is 0.733. The molecule has 3 aliphatic rings. The molecule has 0 aromatic carbocycles. The lowest BCUT2D eigenvalue weighted by atomic mass is 9.78. The molecular weight excluding hydrogens is 304 g/mol. The van der Waals surface area contributed by atoms with Gasteiger partial charge >= 0.3 is 12.2 Å². The Morgan fingerprint density at radius 3 is 2.13 bits per heavy atom. The second-order valence-corrected chi connectivity index (χ2v) is 6.53. The van der Waals surface area contributed by atoms with Gasteiger partial charge in [-0.25, -0.2) is 19.6 Å². The van der Waals surface area contributed by atoms with Gasteiger partial charge in [0.25, 0.3) is 0 Å². The summed E-state index contributed by atoms with van der Waals surface area (Å²) in [4.78, 5) is 24.9. The molecule has 8 nitrogen and oxygen atoms in total. The SMILES string of the molecule is CC(C)OC(=O)N1C2C=CC(C)(C(O)C2O)N1C(=O)OC(C)C. The lowest BCUT2D eigenvalue weighted by molar-refractivity contribution is -0.205. The molecule has 1 aliphatic carbocycles. The summed E-state index contributed by atoms with van der Waals surface area (Å²) in [5.74, 6) is 0. The van der Waals surface area contributed by atoms with Crippen molar-refractivity contribution in [3.63, 3.8) is 0 Å². The predicted molar refractivity (Wildman–Crippen MR) is 80.3 cm³/mol. The van der Waals surface area contributed by atoms with Gasteiger partial charge in [-0.3, -0.25) is 0 Å².